The van der Waals surface area contributed by atoms with Crippen molar-refractivity contribution < 1.29 is 31.1 Å². The molecule has 31 heavy (non-hydrogen) atoms. The van der Waals surface area contributed by atoms with Gasteiger partial charge in [-0.2, -0.15) is 18.3 Å². The number of hydrogen-bond donors (Lipinski definition) is 1. The van der Waals surface area contributed by atoms with E-state index < -0.39 is 27.5 Å². The van der Waals surface area contributed by atoms with Gasteiger partial charge in [-0.15, -0.1) is 0 Å². The summed E-state index contributed by atoms with van der Waals surface area (Å²) in [5, 5.41) is 4.13. The number of rotatable bonds is 6. The highest BCUT2D eigenvalue weighted by Crippen LogP contribution is 2.31. The Morgan fingerprint density at radius 2 is 1.81 bits per heavy atom. The van der Waals surface area contributed by atoms with Crippen LogP contribution >= 0.6 is 0 Å². The summed E-state index contributed by atoms with van der Waals surface area (Å²) in [6, 6.07) is 11.3. The molecule has 0 fully saturated rings. The summed E-state index contributed by atoms with van der Waals surface area (Å²) in [5.74, 6) is 0.825. The van der Waals surface area contributed by atoms with Gasteiger partial charge in [0, 0.05) is 6.20 Å². The van der Waals surface area contributed by atoms with Gasteiger partial charge in [0.25, 0.3) is 0 Å². The van der Waals surface area contributed by atoms with Crippen molar-refractivity contribution in [1.82, 2.24) is 9.78 Å². The van der Waals surface area contributed by atoms with Gasteiger partial charge < -0.3 is 9.47 Å². The van der Waals surface area contributed by atoms with E-state index in [0.29, 0.717) is 24.7 Å². The van der Waals surface area contributed by atoms with Crippen LogP contribution in [0.3, 0.4) is 0 Å². The molecule has 1 aliphatic rings. The number of nitrogens with one attached hydrogen (secondary N) is 1. The van der Waals surface area contributed by atoms with Gasteiger partial charge in [-0.05, 0) is 29.8 Å². The van der Waals surface area contributed by atoms with Crippen molar-refractivity contribution in [2.75, 3.05) is 11.3 Å². The van der Waals surface area contributed by atoms with Crippen LogP contribution in [-0.4, -0.2) is 30.9 Å². The predicted molar refractivity (Wildman–Crippen MR) is 106 cm³/mol. The van der Waals surface area contributed by atoms with Crippen LogP contribution in [0.4, 0.5) is 18.9 Å². The van der Waals surface area contributed by atoms with Crippen LogP contribution in [0, 0.1) is 0 Å². The highest BCUT2D eigenvalue weighted by atomic mass is 32.2. The maximum Gasteiger partial charge on any atom is 0.416 e. The van der Waals surface area contributed by atoms with Crippen molar-refractivity contribution >= 4 is 15.7 Å². The summed E-state index contributed by atoms with van der Waals surface area (Å²) in [6.45, 7) is 0.667. The third kappa shape index (κ3) is 5.29. The molecule has 164 valence electrons. The number of aromatic nitrogens is 2. The van der Waals surface area contributed by atoms with Gasteiger partial charge in [0.1, 0.15) is 6.61 Å². The third-order valence-corrected chi connectivity index (χ3v) is 5.76. The van der Waals surface area contributed by atoms with E-state index in [9.17, 15) is 21.6 Å². The Hall–Kier alpha value is -3.21. The summed E-state index contributed by atoms with van der Waals surface area (Å²) in [7, 11) is -3.84. The summed E-state index contributed by atoms with van der Waals surface area (Å²) >= 11 is 0. The van der Waals surface area contributed by atoms with E-state index in [2.05, 4.69) is 9.82 Å². The fourth-order valence-corrected chi connectivity index (χ4v) is 4.27. The molecule has 3 aromatic rings. The number of nitrogens with zero attached hydrogens (tertiary/aromatic N) is 2. The summed E-state index contributed by atoms with van der Waals surface area (Å²) in [4.78, 5) is 0. The van der Waals surface area contributed by atoms with E-state index >= 15 is 0 Å². The summed E-state index contributed by atoms with van der Waals surface area (Å²) < 4.78 is 78.0. The highest BCUT2D eigenvalue weighted by Gasteiger charge is 2.30. The van der Waals surface area contributed by atoms with Gasteiger partial charge in [-0.25, -0.2) is 8.42 Å². The van der Waals surface area contributed by atoms with E-state index in [1.54, 1.807) is 6.07 Å². The zero-order valence-electron chi connectivity index (χ0n) is 16.0. The summed E-state index contributed by atoms with van der Waals surface area (Å²) in [5.41, 5.74) is -0.359. The molecule has 1 aromatic heterocycles. The molecule has 0 aliphatic carbocycles. The van der Waals surface area contributed by atoms with Gasteiger partial charge in [0.05, 0.1) is 29.7 Å². The van der Waals surface area contributed by atoms with Crippen molar-refractivity contribution in [3.63, 3.8) is 0 Å². The Labute approximate surface area is 176 Å². The molecule has 2 aromatic carbocycles. The minimum absolute atomic E-state index is 0.235. The van der Waals surface area contributed by atoms with Crippen molar-refractivity contribution in [2.45, 2.75) is 24.6 Å². The molecule has 0 bridgehead atoms. The number of anilines is 1. The number of fused-ring (bicyclic) bond motifs is 1. The monoisotopic (exact) mass is 453 g/mol. The lowest BCUT2D eigenvalue weighted by Crippen LogP contribution is -2.33. The Kier molecular flexibility index (Phi) is 5.52. The molecular weight excluding hydrogens is 435 g/mol. The minimum atomic E-state index is -4.47. The third-order valence-electron chi connectivity index (χ3n) is 4.50. The fraction of sp³-hybridized carbons (Fsp3) is 0.250. The number of halogens is 3. The quantitative estimate of drug-likeness (QED) is 0.616. The molecule has 2 heterocycles. The lowest BCUT2D eigenvalue weighted by molar-refractivity contribution is -0.137. The molecule has 0 amide bonds. The smallest absolute Gasteiger partial charge is 0.416 e. The molecule has 1 N–H and O–H groups in total. The minimum Gasteiger partial charge on any atom is -0.486 e. The lowest BCUT2D eigenvalue weighted by Gasteiger charge is -2.26. The first-order valence-electron chi connectivity index (χ1n) is 9.25. The van der Waals surface area contributed by atoms with Gasteiger partial charge in [0.15, 0.2) is 17.6 Å². The fourth-order valence-electron chi connectivity index (χ4n) is 3.10. The second-order valence-electron chi connectivity index (χ2n) is 7.00. The normalized spacial score (nSPS) is 16.2. The molecule has 0 spiro atoms. The van der Waals surface area contributed by atoms with E-state index in [0.717, 1.165) is 24.3 Å². The van der Waals surface area contributed by atoms with Gasteiger partial charge >= 0.3 is 6.18 Å². The first-order chi connectivity index (χ1) is 14.7. The predicted octanol–water partition coefficient (Wildman–Crippen LogP) is 3.68. The zero-order chi connectivity index (χ0) is 22.1. The lowest BCUT2D eigenvalue weighted by atomic mass is 10.1. The van der Waals surface area contributed by atoms with E-state index in [-0.39, 0.29) is 17.4 Å². The largest absolute Gasteiger partial charge is 0.486 e. The molecule has 1 aliphatic heterocycles. The molecule has 4 rings (SSSR count). The second kappa shape index (κ2) is 8.14. The average molecular weight is 453 g/mol. The van der Waals surface area contributed by atoms with Crippen molar-refractivity contribution in [2.24, 2.45) is 0 Å². The molecule has 1 unspecified atom stereocenters. The molecule has 0 radical (unpaired) electrons. The molecule has 0 saturated carbocycles. The first-order valence-corrected chi connectivity index (χ1v) is 10.9. The molecule has 0 saturated heterocycles. The average Bonchev–Trinajstić information content (AvgIpc) is 3.13. The van der Waals surface area contributed by atoms with Crippen LogP contribution in [0.25, 0.3) is 0 Å². The molecule has 1 atom stereocenters. The molecule has 11 heteroatoms. The topological polar surface area (TPSA) is 82.5 Å². The Bertz CT molecular complexity index is 1160. The summed E-state index contributed by atoms with van der Waals surface area (Å²) in [6.07, 6.45) is -1.92. The number of para-hydroxylation sites is 2. The van der Waals surface area contributed by atoms with Crippen LogP contribution < -0.4 is 14.2 Å². The number of alkyl halides is 3. The SMILES string of the molecule is O=S(=O)(Cc1ccc(C(F)(F)F)cc1)Nc1cnn(CC2COc3ccccc3O2)c1. The maximum atomic E-state index is 12.6. The Morgan fingerprint density at radius 1 is 1.10 bits per heavy atom. The van der Waals surface area contributed by atoms with Crippen LogP contribution in [0.15, 0.2) is 60.9 Å². The number of sulfonamides is 1. The van der Waals surface area contributed by atoms with Gasteiger partial charge in [-0.3, -0.25) is 9.40 Å². The van der Waals surface area contributed by atoms with E-state index in [1.807, 2.05) is 18.2 Å². The Balaban J connectivity index is 1.36. The van der Waals surface area contributed by atoms with Gasteiger partial charge in [0.2, 0.25) is 10.0 Å². The van der Waals surface area contributed by atoms with Crippen LogP contribution in [-0.2, 0) is 28.5 Å². The highest BCUT2D eigenvalue weighted by molar-refractivity contribution is 7.91. The number of benzene rings is 2. The van der Waals surface area contributed by atoms with Crippen molar-refractivity contribution in [3.05, 3.63) is 72.1 Å². The maximum absolute atomic E-state index is 12.6. The van der Waals surface area contributed by atoms with E-state index in [1.165, 1.54) is 17.1 Å². The number of ether oxygens (including phenoxy) is 2. The molecule has 7 nitrogen and oxygen atoms in total. The van der Waals surface area contributed by atoms with Crippen LogP contribution in [0.2, 0.25) is 0 Å². The van der Waals surface area contributed by atoms with Crippen LogP contribution in [0.5, 0.6) is 11.5 Å². The van der Waals surface area contributed by atoms with Gasteiger partial charge in [-0.1, -0.05) is 24.3 Å². The Morgan fingerprint density at radius 3 is 2.52 bits per heavy atom. The molecular formula is C20H18F3N3O4S. The second-order valence-corrected chi connectivity index (χ2v) is 8.73. The van der Waals surface area contributed by atoms with Crippen molar-refractivity contribution in [1.29, 1.82) is 0 Å². The first kappa shape index (κ1) is 21.0. The zero-order valence-corrected chi connectivity index (χ0v) is 16.9. The van der Waals surface area contributed by atoms with Crippen LogP contribution in [0.1, 0.15) is 11.1 Å². The standard InChI is InChI=1S/C20H18F3N3O4S/c21-20(22,23)15-7-5-14(6-8-15)13-31(27,28)25-16-9-24-26(10-16)11-17-12-29-18-3-1-2-4-19(18)30-17/h1-10,17,25H,11-13H2. The van der Waals surface area contributed by atoms with E-state index in [4.69, 9.17) is 9.47 Å². The number of hydrogen-bond acceptors (Lipinski definition) is 5. The van der Waals surface area contributed by atoms with Crippen molar-refractivity contribution in [3.8, 4) is 11.5 Å².